The lowest BCUT2D eigenvalue weighted by Crippen LogP contribution is -2.48. The van der Waals surface area contributed by atoms with Gasteiger partial charge in [-0.1, -0.05) is 43.0 Å². The fourth-order valence-electron chi connectivity index (χ4n) is 5.87. The van der Waals surface area contributed by atoms with Crippen LogP contribution in [0.15, 0.2) is 55.3 Å². The minimum Gasteiger partial charge on any atom is -0.462 e. The molecule has 4 heterocycles. The monoisotopic (exact) mass is 540 g/mol. The summed E-state index contributed by atoms with van der Waals surface area (Å²) >= 11 is 0. The number of pyridine rings is 1. The fourth-order valence-corrected chi connectivity index (χ4v) is 5.87. The van der Waals surface area contributed by atoms with Crippen molar-refractivity contribution in [3.63, 3.8) is 0 Å². The van der Waals surface area contributed by atoms with Crippen LogP contribution in [0.2, 0.25) is 0 Å². The Morgan fingerprint density at radius 1 is 1.12 bits per heavy atom. The molecule has 8 nitrogen and oxygen atoms in total. The molecule has 1 amide bonds. The number of carbonyl (C=O) groups excluding carboxylic acids is 1. The largest absolute Gasteiger partial charge is 0.462 e. The number of amides is 1. The second-order valence-corrected chi connectivity index (χ2v) is 10.6. The van der Waals surface area contributed by atoms with Crippen LogP contribution < -0.4 is 9.64 Å². The molecule has 40 heavy (non-hydrogen) atoms. The van der Waals surface area contributed by atoms with Gasteiger partial charge in [-0.05, 0) is 55.8 Å². The van der Waals surface area contributed by atoms with E-state index in [1.54, 1.807) is 11.1 Å². The minimum absolute atomic E-state index is 0.0976. The summed E-state index contributed by atoms with van der Waals surface area (Å²) in [4.78, 5) is 32.2. The van der Waals surface area contributed by atoms with Gasteiger partial charge in [0.2, 0.25) is 5.91 Å². The van der Waals surface area contributed by atoms with Crippen LogP contribution in [0.5, 0.6) is 6.01 Å². The Labute approximate surface area is 233 Å². The van der Waals surface area contributed by atoms with Crippen LogP contribution in [-0.2, 0) is 4.79 Å². The number of anilines is 1. The molecule has 0 unspecified atom stereocenters. The van der Waals surface area contributed by atoms with E-state index in [9.17, 15) is 4.79 Å². The highest BCUT2D eigenvalue weighted by atomic mass is 19.1. The number of carbonyl (C=O) groups is 1. The molecule has 2 fully saturated rings. The van der Waals surface area contributed by atoms with E-state index in [1.807, 2.05) is 48.2 Å². The molecule has 0 bridgehead atoms. The third-order valence-electron chi connectivity index (χ3n) is 8.15. The number of benzene rings is 2. The van der Waals surface area contributed by atoms with Gasteiger partial charge in [-0.25, -0.2) is 4.39 Å². The Morgan fingerprint density at radius 3 is 2.62 bits per heavy atom. The highest BCUT2D eigenvalue weighted by Crippen LogP contribution is 2.36. The lowest BCUT2D eigenvalue weighted by atomic mass is 9.97. The summed E-state index contributed by atoms with van der Waals surface area (Å²) < 4.78 is 22.6. The first-order valence-electron chi connectivity index (χ1n) is 13.8. The summed E-state index contributed by atoms with van der Waals surface area (Å²) in [7, 11) is 2.08. The van der Waals surface area contributed by atoms with E-state index in [2.05, 4.69) is 28.5 Å². The second kappa shape index (κ2) is 10.8. The Hall–Kier alpha value is -4.11. The molecular formula is C31H33FN6O2. The first-order valence-corrected chi connectivity index (χ1v) is 13.8. The Kier molecular flexibility index (Phi) is 7.06. The van der Waals surface area contributed by atoms with E-state index in [-0.39, 0.29) is 29.2 Å². The number of halogens is 1. The van der Waals surface area contributed by atoms with Gasteiger partial charge in [-0.2, -0.15) is 9.97 Å². The number of likely N-dealkylation sites (N-methyl/N-ethyl adjacent to an activating group) is 1. The first-order chi connectivity index (χ1) is 19.4. The number of hydrogen-bond acceptors (Lipinski definition) is 7. The molecular weight excluding hydrogens is 507 g/mol. The molecule has 4 aromatic rings. The molecule has 206 valence electrons. The summed E-state index contributed by atoms with van der Waals surface area (Å²) in [5.74, 6) is -0.0302. The molecule has 0 N–H and O–H groups in total. The maximum Gasteiger partial charge on any atom is 0.319 e. The van der Waals surface area contributed by atoms with Gasteiger partial charge in [-0.15, -0.1) is 0 Å². The number of aryl methyl sites for hydroxylation is 1. The highest BCUT2D eigenvalue weighted by Gasteiger charge is 2.27. The van der Waals surface area contributed by atoms with Crippen molar-refractivity contribution < 1.29 is 13.9 Å². The number of fused-ring (bicyclic) bond motifs is 2. The van der Waals surface area contributed by atoms with Crippen LogP contribution in [0.1, 0.15) is 18.4 Å². The molecule has 9 heteroatoms. The van der Waals surface area contributed by atoms with Crippen molar-refractivity contribution in [1.82, 2.24) is 24.8 Å². The van der Waals surface area contributed by atoms with Gasteiger partial charge >= 0.3 is 6.01 Å². The van der Waals surface area contributed by atoms with Gasteiger partial charge < -0.3 is 19.4 Å². The van der Waals surface area contributed by atoms with Crippen LogP contribution in [0.25, 0.3) is 32.9 Å². The maximum absolute atomic E-state index is 16.5. The number of aromatic nitrogens is 3. The number of rotatable bonds is 6. The van der Waals surface area contributed by atoms with Gasteiger partial charge in [-0.3, -0.25) is 9.78 Å². The third kappa shape index (κ3) is 4.75. The minimum atomic E-state index is -0.500. The third-order valence-corrected chi connectivity index (χ3v) is 8.15. The van der Waals surface area contributed by atoms with Crippen LogP contribution in [0, 0.1) is 12.7 Å². The number of hydrogen-bond donors (Lipinski definition) is 0. The quantitative estimate of drug-likeness (QED) is 0.331. The van der Waals surface area contributed by atoms with Crippen LogP contribution >= 0.6 is 0 Å². The van der Waals surface area contributed by atoms with Crippen molar-refractivity contribution in [2.45, 2.75) is 25.8 Å². The number of ether oxygens (including phenoxy) is 1. The second-order valence-electron chi connectivity index (χ2n) is 10.6. The van der Waals surface area contributed by atoms with Crippen molar-refractivity contribution in [1.29, 1.82) is 0 Å². The lowest BCUT2D eigenvalue weighted by Gasteiger charge is -2.35. The summed E-state index contributed by atoms with van der Waals surface area (Å²) in [6.07, 6.45) is 5.16. The summed E-state index contributed by atoms with van der Waals surface area (Å²) in [5.41, 5.74) is 2.20. The van der Waals surface area contributed by atoms with Crippen molar-refractivity contribution in [2.24, 2.45) is 0 Å². The summed E-state index contributed by atoms with van der Waals surface area (Å²) in [6, 6.07) is 12.3. The number of likely N-dealkylation sites (tertiary alicyclic amines) is 1. The Bertz CT molecular complexity index is 1600. The maximum atomic E-state index is 16.5. The lowest BCUT2D eigenvalue weighted by molar-refractivity contribution is -0.126. The Balaban J connectivity index is 1.44. The molecule has 0 aliphatic carbocycles. The molecule has 2 aliphatic rings. The molecule has 0 saturated carbocycles. The summed E-state index contributed by atoms with van der Waals surface area (Å²) in [6.45, 7) is 9.20. The normalized spacial score (nSPS) is 18.0. The van der Waals surface area contributed by atoms with Crippen LogP contribution in [0.4, 0.5) is 10.2 Å². The van der Waals surface area contributed by atoms with E-state index in [4.69, 9.17) is 9.72 Å². The molecule has 2 aromatic heterocycles. The molecule has 0 radical (unpaired) electrons. The first kappa shape index (κ1) is 26.1. The van der Waals surface area contributed by atoms with Crippen LogP contribution in [0.3, 0.4) is 0 Å². The van der Waals surface area contributed by atoms with Crippen molar-refractivity contribution in [3.8, 4) is 17.3 Å². The van der Waals surface area contributed by atoms with Gasteiger partial charge in [0.15, 0.2) is 5.82 Å². The van der Waals surface area contributed by atoms with E-state index in [0.29, 0.717) is 44.0 Å². The number of nitrogens with zero attached hydrogens (tertiary/aromatic N) is 6. The standard InChI is InChI=1S/C31H33FN6O2/c1-4-25(39)37-14-16-38(17-15-37)30-24-18-33-28(23-12-6-10-21-9-5-8-20(2)26(21)23)27(32)29(24)34-31(35-30)40-19-22-11-7-13-36(22)3/h4-6,8-10,12,18,22H,1,7,11,13-17,19H2,2-3H3/t22-/m0/s1. The zero-order valence-corrected chi connectivity index (χ0v) is 22.9. The van der Waals surface area contributed by atoms with Crippen LogP contribution in [-0.4, -0.2) is 83.1 Å². The molecule has 2 aromatic carbocycles. The Morgan fingerprint density at radius 2 is 1.90 bits per heavy atom. The van der Waals surface area contributed by atoms with Crippen molar-refractivity contribution in [2.75, 3.05) is 51.3 Å². The summed E-state index contributed by atoms with van der Waals surface area (Å²) in [5, 5.41) is 2.51. The van der Waals surface area contributed by atoms with E-state index < -0.39 is 5.82 Å². The zero-order chi connectivity index (χ0) is 27.8. The molecule has 1 atom stereocenters. The van der Waals surface area contributed by atoms with E-state index >= 15 is 4.39 Å². The van der Waals surface area contributed by atoms with Gasteiger partial charge in [0, 0.05) is 44.0 Å². The predicted molar refractivity (Wildman–Crippen MR) is 155 cm³/mol. The van der Waals surface area contributed by atoms with Crippen molar-refractivity contribution >= 4 is 33.4 Å². The SMILES string of the molecule is C=CC(=O)N1CCN(c2nc(OC[C@@H]3CCCN3C)nc3c(F)c(-c4cccc5cccc(C)c45)ncc23)CC1. The van der Waals surface area contributed by atoms with Gasteiger partial charge in [0.25, 0.3) is 0 Å². The van der Waals surface area contributed by atoms with E-state index in [1.165, 1.54) is 6.08 Å². The molecule has 0 spiro atoms. The molecule has 6 rings (SSSR count). The fraction of sp³-hybridized carbons (Fsp3) is 0.355. The average molecular weight is 541 g/mol. The molecule has 2 saturated heterocycles. The topological polar surface area (TPSA) is 74.7 Å². The van der Waals surface area contributed by atoms with Crippen molar-refractivity contribution in [3.05, 3.63) is 66.6 Å². The highest BCUT2D eigenvalue weighted by molar-refractivity contribution is 6.00. The van der Waals surface area contributed by atoms with Gasteiger partial charge in [0.1, 0.15) is 23.6 Å². The molecule has 2 aliphatic heterocycles. The predicted octanol–water partition coefficient (Wildman–Crippen LogP) is 4.60. The van der Waals surface area contributed by atoms with E-state index in [0.717, 1.165) is 41.3 Å². The number of piperazine rings is 1. The average Bonchev–Trinajstić information content (AvgIpc) is 3.40. The zero-order valence-electron chi connectivity index (χ0n) is 22.9. The smallest absolute Gasteiger partial charge is 0.319 e. The van der Waals surface area contributed by atoms with Gasteiger partial charge in [0.05, 0.1) is 5.39 Å².